The van der Waals surface area contributed by atoms with Gasteiger partial charge in [-0.05, 0) is 31.2 Å². The van der Waals surface area contributed by atoms with E-state index in [4.69, 9.17) is 23.2 Å². The van der Waals surface area contributed by atoms with E-state index in [-0.39, 0.29) is 5.38 Å². The van der Waals surface area contributed by atoms with E-state index in [1.165, 1.54) is 19.3 Å². The van der Waals surface area contributed by atoms with Crippen LogP contribution in [0, 0.1) is 11.8 Å². The quantitative estimate of drug-likeness (QED) is 0.761. The molecule has 1 fully saturated rings. The van der Waals surface area contributed by atoms with Crippen LogP contribution in [-0.4, -0.2) is 14.5 Å². The Morgan fingerprint density at radius 3 is 2.90 bits per heavy atom. The first-order chi connectivity index (χ1) is 9.56. The average Bonchev–Trinajstić information content (AvgIpc) is 2.95. The molecule has 0 bridgehead atoms. The molecule has 3 nitrogen and oxygen atoms in total. The zero-order valence-electron chi connectivity index (χ0n) is 11.8. The van der Waals surface area contributed by atoms with Crippen molar-refractivity contribution in [1.82, 2.24) is 14.5 Å². The molecule has 2 heterocycles. The summed E-state index contributed by atoms with van der Waals surface area (Å²) in [5.74, 6) is 2.35. The minimum atomic E-state index is -0.125. The molecule has 0 radical (unpaired) electrons. The van der Waals surface area contributed by atoms with Gasteiger partial charge in [-0.25, -0.2) is 9.97 Å². The van der Waals surface area contributed by atoms with Gasteiger partial charge in [0, 0.05) is 12.7 Å². The van der Waals surface area contributed by atoms with Crippen molar-refractivity contribution in [2.45, 2.75) is 45.0 Å². The predicted molar refractivity (Wildman–Crippen MR) is 83.3 cm³/mol. The number of nitrogens with zero attached hydrogens (tertiary/aromatic N) is 3. The summed E-state index contributed by atoms with van der Waals surface area (Å²) in [5.41, 5.74) is 1.74. The summed E-state index contributed by atoms with van der Waals surface area (Å²) >= 11 is 12.3. The van der Waals surface area contributed by atoms with Crippen LogP contribution in [0.1, 0.15) is 44.3 Å². The van der Waals surface area contributed by atoms with Crippen LogP contribution in [0.25, 0.3) is 11.2 Å². The van der Waals surface area contributed by atoms with Gasteiger partial charge in [0.05, 0.1) is 10.4 Å². The minimum Gasteiger partial charge on any atom is -0.311 e. The van der Waals surface area contributed by atoms with Crippen molar-refractivity contribution in [2.24, 2.45) is 11.8 Å². The summed E-state index contributed by atoms with van der Waals surface area (Å²) in [6.45, 7) is 5.25. The molecule has 5 heteroatoms. The molecule has 0 spiro atoms. The van der Waals surface area contributed by atoms with Crippen LogP contribution in [0.4, 0.5) is 0 Å². The number of imidazole rings is 1. The van der Waals surface area contributed by atoms with Gasteiger partial charge in [0.1, 0.15) is 11.3 Å². The monoisotopic (exact) mass is 311 g/mol. The van der Waals surface area contributed by atoms with Crippen LogP contribution >= 0.6 is 23.2 Å². The van der Waals surface area contributed by atoms with Gasteiger partial charge in [0.25, 0.3) is 0 Å². The van der Waals surface area contributed by atoms with Crippen LogP contribution in [0.3, 0.4) is 0 Å². The number of rotatable bonds is 3. The van der Waals surface area contributed by atoms with E-state index >= 15 is 0 Å². The first-order valence-electron chi connectivity index (χ1n) is 7.22. The lowest BCUT2D eigenvalue weighted by molar-refractivity contribution is 0.362. The Hall–Kier alpha value is -0.800. The van der Waals surface area contributed by atoms with E-state index in [0.29, 0.717) is 10.9 Å². The zero-order chi connectivity index (χ0) is 14.3. The number of alkyl halides is 1. The fourth-order valence-electron chi connectivity index (χ4n) is 3.22. The summed E-state index contributed by atoms with van der Waals surface area (Å²) in [5, 5.41) is 0.491. The molecule has 1 aliphatic carbocycles. The second kappa shape index (κ2) is 5.53. The highest BCUT2D eigenvalue weighted by Crippen LogP contribution is 2.34. The maximum Gasteiger partial charge on any atom is 0.160 e. The van der Waals surface area contributed by atoms with Gasteiger partial charge in [0.2, 0.25) is 0 Å². The van der Waals surface area contributed by atoms with Gasteiger partial charge in [-0.2, -0.15) is 0 Å². The van der Waals surface area contributed by atoms with Crippen molar-refractivity contribution in [2.75, 3.05) is 0 Å². The Labute approximate surface area is 129 Å². The molecule has 2 aromatic heterocycles. The number of hydrogen-bond donors (Lipinski definition) is 0. The largest absolute Gasteiger partial charge is 0.311 e. The molecule has 1 saturated carbocycles. The standard InChI is InChI=1S/C15H19Cl2N3/c1-9-4-3-5-11(9)8-20-14(10(2)16)19-13-6-12(17)7-18-15(13)20/h6-7,9-11H,3-5,8H2,1-2H3. The molecule has 108 valence electrons. The lowest BCUT2D eigenvalue weighted by atomic mass is 9.98. The molecule has 0 amide bonds. The highest BCUT2D eigenvalue weighted by atomic mass is 35.5. The molecule has 20 heavy (non-hydrogen) atoms. The third-order valence-corrected chi connectivity index (χ3v) is 4.79. The molecule has 1 aliphatic rings. The van der Waals surface area contributed by atoms with E-state index in [9.17, 15) is 0 Å². The molecule has 3 unspecified atom stereocenters. The Morgan fingerprint density at radius 2 is 2.25 bits per heavy atom. The molecule has 3 atom stereocenters. The van der Waals surface area contributed by atoms with Crippen LogP contribution in [0.15, 0.2) is 12.3 Å². The summed E-state index contributed by atoms with van der Waals surface area (Å²) in [7, 11) is 0. The lowest BCUT2D eigenvalue weighted by Crippen LogP contribution is -2.16. The van der Waals surface area contributed by atoms with Crippen molar-refractivity contribution < 1.29 is 0 Å². The van der Waals surface area contributed by atoms with Gasteiger partial charge in [0.15, 0.2) is 5.65 Å². The molecule has 0 aliphatic heterocycles. The van der Waals surface area contributed by atoms with Crippen LogP contribution in [0.2, 0.25) is 5.02 Å². The fourth-order valence-corrected chi connectivity index (χ4v) is 3.53. The number of hydrogen-bond acceptors (Lipinski definition) is 2. The van der Waals surface area contributed by atoms with Crippen LogP contribution in [-0.2, 0) is 6.54 Å². The number of pyridine rings is 1. The third kappa shape index (κ3) is 2.53. The summed E-state index contributed by atoms with van der Waals surface area (Å²) < 4.78 is 2.19. The second-order valence-corrected chi connectivity index (χ2v) is 6.95. The van der Waals surface area contributed by atoms with E-state index in [1.54, 1.807) is 6.20 Å². The first kappa shape index (κ1) is 14.2. The van der Waals surface area contributed by atoms with Gasteiger partial charge in [-0.1, -0.05) is 31.4 Å². The van der Waals surface area contributed by atoms with Gasteiger partial charge in [-0.15, -0.1) is 11.6 Å². The first-order valence-corrected chi connectivity index (χ1v) is 8.03. The zero-order valence-corrected chi connectivity index (χ0v) is 13.3. The Bertz CT molecular complexity index is 621. The molecule has 0 N–H and O–H groups in total. The van der Waals surface area contributed by atoms with Crippen LogP contribution < -0.4 is 0 Å². The summed E-state index contributed by atoms with van der Waals surface area (Å²) in [4.78, 5) is 9.08. The van der Waals surface area contributed by atoms with Gasteiger partial charge in [-0.3, -0.25) is 0 Å². The topological polar surface area (TPSA) is 30.7 Å². The molecular formula is C15H19Cl2N3. The maximum absolute atomic E-state index is 6.30. The predicted octanol–water partition coefficient (Wildman–Crippen LogP) is 4.82. The van der Waals surface area contributed by atoms with Crippen LogP contribution in [0.5, 0.6) is 0 Å². The minimum absolute atomic E-state index is 0.125. The highest BCUT2D eigenvalue weighted by molar-refractivity contribution is 6.31. The highest BCUT2D eigenvalue weighted by Gasteiger charge is 2.26. The van der Waals surface area contributed by atoms with Crippen molar-refractivity contribution >= 4 is 34.4 Å². The molecule has 2 aromatic rings. The van der Waals surface area contributed by atoms with E-state index in [1.807, 2.05) is 13.0 Å². The fraction of sp³-hybridized carbons (Fsp3) is 0.600. The number of halogens is 2. The molecule has 0 saturated heterocycles. The molecule has 3 rings (SSSR count). The average molecular weight is 312 g/mol. The number of aromatic nitrogens is 3. The normalized spacial score (nSPS) is 24.4. The Balaban J connectivity index is 2.04. The van der Waals surface area contributed by atoms with Gasteiger partial charge < -0.3 is 4.57 Å². The van der Waals surface area contributed by atoms with E-state index < -0.39 is 0 Å². The van der Waals surface area contributed by atoms with Crippen molar-refractivity contribution in [3.05, 3.63) is 23.1 Å². The smallest absolute Gasteiger partial charge is 0.160 e. The Kier molecular flexibility index (Phi) is 3.91. The molecule has 0 aromatic carbocycles. The van der Waals surface area contributed by atoms with Gasteiger partial charge >= 0.3 is 0 Å². The maximum atomic E-state index is 6.30. The third-order valence-electron chi connectivity index (χ3n) is 4.39. The van der Waals surface area contributed by atoms with E-state index in [2.05, 4.69) is 21.5 Å². The summed E-state index contributed by atoms with van der Waals surface area (Å²) in [6.07, 6.45) is 5.61. The van der Waals surface area contributed by atoms with Crippen molar-refractivity contribution in [1.29, 1.82) is 0 Å². The van der Waals surface area contributed by atoms with Crippen molar-refractivity contribution in [3.8, 4) is 0 Å². The lowest BCUT2D eigenvalue weighted by Gasteiger charge is -2.18. The van der Waals surface area contributed by atoms with E-state index in [0.717, 1.165) is 29.5 Å². The summed E-state index contributed by atoms with van der Waals surface area (Å²) in [6, 6.07) is 1.86. The van der Waals surface area contributed by atoms with Crippen molar-refractivity contribution in [3.63, 3.8) is 0 Å². The molecular weight excluding hydrogens is 293 g/mol. The number of fused-ring (bicyclic) bond motifs is 1. The second-order valence-electron chi connectivity index (χ2n) is 5.86. The Morgan fingerprint density at radius 1 is 1.45 bits per heavy atom. The SMILES string of the molecule is CC(Cl)c1nc2cc(Cl)cnc2n1CC1CCCC1C.